The number of aryl methyl sites for hydroxylation is 3. The van der Waals surface area contributed by atoms with E-state index in [1.807, 2.05) is 13.8 Å². The van der Waals surface area contributed by atoms with Crippen LogP contribution in [0.4, 0.5) is 0 Å². The average Bonchev–Trinajstić information content (AvgIpc) is 2.93. The smallest absolute Gasteiger partial charge is 0.222 e. The lowest BCUT2D eigenvalue weighted by Crippen LogP contribution is -2.47. The quantitative estimate of drug-likeness (QED) is 0.894. The molecule has 1 saturated heterocycles. The molecular weight excluding hydrogens is 328 g/mol. The molecule has 1 fully saturated rings. The number of β-amino-alcohol motifs (C(OH)–C–C–N with tert-alkyl or cyclic N) is 1. The minimum atomic E-state index is -0.465. The molecule has 5 heteroatoms. The van der Waals surface area contributed by atoms with Gasteiger partial charge in [0.15, 0.2) is 0 Å². The van der Waals surface area contributed by atoms with Crippen LogP contribution < -0.4 is 0 Å². The van der Waals surface area contributed by atoms with E-state index in [0.717, 1.165) is 29.9 Å². The molecule has 140 valence electrons. The molecule has 2 atom stereocenters. The number of benzene rings is 1. The van der Waals surface area contributed by atoms with Crippen LogP contribution in [-0.2, 0) is 17.6 Å². The molecule has 2 aromatic rings. The van der Waals surface area contributed by atoms with Gasteiger partial charge in [0.25, 0.3) is 0 Å². The first-order chi connectivity index (χ1) is 12.4. The largest absolute Gasteiger partial charge is 0.391 e. The van der Waals surface area contributed by atoms with E-state index in [1.54, 1.807) is 4.90 Å². The molecule has 1 aliphatic rings. The fourth-order valence-electron chi connectivity index (χ4n) is 3.84. The van der Waals surface area contributed by atoms with Gasteiger partial charge in [-0.25, -0.2) is 0 Å². The van der Waals surface area contributed by atoms with Crippen molar-refractivity contribution in [1.29, 1.82) is 0 Å². The van der Waals surface area contributed by atoms with E-state index in [4.69, 9.17) is 4.52 Å². The number of hydrogen-bond acceptors (Lipinski definition) is 4. The van der Waals surface area contributed by atoms with E-state index in [1.165, 1.54) is 11.1 Å². The molecule has 1 N–H and O–H groups in total. The second-order valence-electron chi connectivity index (χ2n) is 7.45. The van der Waals surface area contributed by atoms with Gasteiger partial charge >= 0.3 is 0 Å². The summed E-state index contributed by atoms with van der Waals surface area (Å²) in [6.45, 7) is 7.00. The Labute approximate surface area is 155 Å². The third-order valence-electron chi connectivity index (χ3n) is 5.42. The monoisotopic (exact) mass is 356 g/mol. The van der Waals surface area contributed by atoms with Crippen molar-refractivity contribution in [1.82, 2.24) is 10.1 Å². The van der Waals surface area contributed by atoms with E-state index in [-0.39, 0.29) is 11.8 Å². The number of carbonyl (C=O) groups is 1. The van der Waals surface area contributed by atoms with Gasteiger partial charge in [-0.3, -0.25) is 4.79 Å². The van der Waals surface area contributed by atoms with Crippen molar-refractivity contribution < 1.29 is 14.4 Å². The molecule has 1 aliphatic heterocycles. The number of piperidine rings is 1. The molecule has 2 heterocycles. The van der Waals surface area contributed by atoms with Gasteiger partial charge in [-0.15, -0.1) is 0 Å². The fraction of sp³-hybridized carbons (Fsp3) is 0.524. The number of nitrogens with zero attached hydrogens (tertiary/aromatic N) is 2. The SMILES string of the molecule is Cc1cccc(C[C@H]2CCN(C(=O)CCc3c(C)noc3C)C[C@H]2O)c1. The van der Waals surface area contributed by atoms with Crippen molar-refractivity contribution in [3.63, 3.8) is 0 Å². The highest BCUT2D eigenvalue weighted by Gasteiger charge is 2.30. The van der Waals surface area contributed by atoms with Crippen molar-refractivity contribution in [2.75, 3.05) is 13.1 Å². The molecule has 0 saturated carbocycles. The Hall–Kier alpha value is -2.14. The van der Waals surface area contributed by atoms with Crippen molar-refractivity contribution in [3.8, 4) is 0 Å². The van der Waals surface area contributed by atoms with Crippen LogP contribution in [0.25, 0.3) is 0 Å². The highest BCUT2D eigenvalue weighted by Crippen LogP contribution is 2.24. The first-order valence-corrected chi connectivity index (χ1v) is 9.37. The van der Waals surface area contributed by atoms with Crippen molar-refractivity contribution in [2.45, 2.75) is 52.6 Å². The molecular formula is C21H28N2O3. The first kappa shape index (κ1) is 18.6. The Morgan fingerprint density at radius 1 is 1.35 bits per heavy atom. The zero-order chi connectivity index (χ0) is 18.7. The van der Waals surface area contributed by atoms with Crippen LogP contribution in [0.1, 0.15) is 41.0 Å². The van der Waals surface area contributed by atoms with Gasteiger partial charge in [0.05, 0.1) is 11.8 Å². The number of hydrogen-bond donors (Lipinski definition) is 1. The normalized spacial score (nSPS) is 20.4. The summed E-state index contributed by atoms with van der Waals surface area (Å²) in [5.41, 5.74) is 4.37. The molecule has 1 aromatic carbocycles. The molecule has 1 amide bonds. The molecule has 0 spiro atoms. The van der Waals surface area contributed by atoms with Gasteiger partial charge in [-0.05, 0) is 51.5 Å². The van der Waals surface area contributed by atoms with Gasteiger partial charge in [-0.1, -0.05) is 35.0 Å². The van der Waals surface area contributed by atoms with Gasteiger partial charge < -0.3 is 14.5 Å². The number of amides is 1. The first-order valence-electron chi connectivity index (χ1n) is 9.37. The Balaban J connectivity index is 1.52. The minimum Gasteiger partial charge on any atom is -0.391 e. The fourth-order valence-corrected chi connectivity index (χ4v) is 3.84. The molecule has 1 aromatic heterocycles. The molecule has 0 unspecified atom stereocenters. The zero-order valence-electron chi connectivity index (χ0n) is 15.9. The third-order valence-corrected chi connectivity index (χ3v) is 5.42. The van der Waals surface area contributed by atoms with Crippen LogP contribution in [0.15, 0.2) is 28.8 Å². The lowest BCUT2D eigenvalue weighted by atomic mass is 9.87. The van der Waals surface area contributed by atoms with E-state index < -0.39 is 6.10 Å². The highest BCUT2D eigenvalue weighted by atomic mass is 16.5. The second kappa shape index (κ2) is 8.04. The summed E-state index contributed by atoms with van der Waals surface area (Å²) in [7, 11) is 0. The minimum absolute atomic E-state index is 0.0954. The predicted octanol–water partition coefficient (Wildman–Crippen LogP) is 2.98. The van der Waals surface area contributed by atoms with Crippen LogP contribution >= 0.6 is 0 Å². The van der Waals surface area contributed by atoms with Crippen LogP contribution in [0, 0.1) is 26.7 Å². The topological polar surface area (TPSA) is 66.6 Å². The maximum Gasteiger partial charge on any atom is 0.222 e. The Morgan fingerprint density at radius 3 is 2.81 bits per heavy atom. The Morgan fingerprint density at radius 2 is 2.15 bits per heavy atom. The number of aliphatic hydroxyl groups excluding tert-OH is 1. The number of rotatable bonds is 5. The number of aromatic nitrogens is 1. The van der Waals surface area contributed by atoms with Gasteiger partial charge in [0, 0.05) is 25.1 Å². The molecule has 3 rings (SSSR count). The molecule has 0 aliphatic carbocycles. The molecule has 26 heavy (non-hydrogen) atoms. The molecule has 5 nitrogen and oxygen atoms in total. The van der Waals surface area contributed by atoms with E-state index in [9.17, 15) is 9.90 Å². The maximum atomic E-state index is 12.5. The van der Waals surface area contributed by atoms with Crippen LogP contribution in [0.3, 0.4) is 0 Å². The Bertz CT molecular complexity index is 749. The van der Waals surface area contributed by atoms with Crippen molar-refractivity contribution >= 4 is 5.91 Å². The van der Waals surface area contributed by atoms with E-state index in [2.05, 4.69) is 36.3 Å². The van der Waals surface area contributed by atoms with Gasteiger partial charge in [0.2, 0.25) is 5.91 Å². The number of aliphatic hydroxyl groups is 1. The molecule has 0 radical (unpaired) electrons. The van der Waals surface area contributed by atoms with Crippen molar-refractivity contribution in [3.05, 3.63) is 52.4 Å². The average molecular weight is 356 g/mol. The highest BCUT2D eigenvalue weighted by molar-refractivity contribution is 5.76. The summed E-state index contributed by atoms with van der Waals surface area (Å²) in [6.07, 6.45) is 2.31. The van der Waals surface area contributed by atoms with Gasteiger partial charge in [-0.2, -0.15) is 0 Å². The summed E-state index contributed by atoms with van der Waals surface area (Å²) in [5, 5.41) is 14.5. The predicted molar refractivity (Wildman–Crippen MR) is 99.9 cm³/mol. The van der Waals surface area contributed by atoms with Crippen LogP contribution in [0.5, 0.6) is 0 Å². The lowest BCUT2D eigenvalue weighted by molar-refractivity contribution is -0.135. The van der Waals surface area contributed by atoms with Crippen LogP contribution in [0.2, 0.25) is 0 Å². The number of likely N-dealkylation sites (tertiary alicyclic amines) is 1. The van der Waals surface area contributed by atoms with Crippen LogP contribution in [-0.4, -0.2) is 40.3 Å². The van der Waals surface area contributed by atoms with Gasteiger partial charge in [0.1, 0.15) is 5.76 Å². The summed E-state index contributed by atoms with van der Waals surface area (Å²) >= 11 is 0. The maximum absolute atomic E-state index is 12.5. The molecule has 0 bridgehead atoms. The summed E-state index contributed by atoms with van der Waals surface area (Å²) < 4.78 is 5.15. The number of carbonyl (C=O) groups excluding carboxylic acids is 1. The Kier molecular flexibility index (Phi) is 5.77. The third kappa shape index (κ3) is 4.33. The lowest BCUT2D eigenvalue weighted by Gasteiger charge is -2.36. The summed E-state index contributed by atoms with van der Waals surface area (Å²) in [5.74, 6) is 1.09. The summed E-state index contributed by atoms with van der Waals surface area (Å²) in [4.78, 5) is 14.3. The zero-order valence-corrected chi connectivity index (χ0v) is 15.9. The van der Waals surface area contributed by atoms with E-state index in [0.29, 0.717) is 25.9 Å². The second-order valence-corrected chi connectivity index (χ2v) is 7.45. The van der Waals surface area contributed by atoms with Crippen molar-refractivity contribution in [2.24, 2.45) is 5.92 Å². The standard InChI is InChI=1S/C21H28N2O3/c1-14-5-4-6-17(11-14)12-18-9-10-23(13-20(18)24)21(25)8-7-19-15(2)22-26-16(19)3/h4-6,11,18,20,24H,7-10,12-13H2,1-3H3/t18-,20-/m1/s1. The summed E-state index contributed by atoms with van der Waals surface area (Å²) in [6, 6.07) is 8.43. The van der Waals surface area contributed by atoms with E-state index >= 15 is 0 Å².